The summed E-state index contributed by atoms with van der Waals surface area (Å²) in [4.78, 5) is 15.0. The summed E-state index contributed by atoms with van der Waals surface area (Å²) in [6.45, 7) is 6.86. The van der Waals surface area contributed by atoms with Gasteiger partial charge in [0.1, 0.15) is 17.3 Å². The summed E-state index contributed by atoms with van der Waals surface area (Å²) in [7, 11) is 1.99. The van der Waals surface area contributed by atoms with Crippen molar-refractivity contribution in [3.05, 3.63) is 46.6 Å². The van der Waals surface area contributed by atoms with Crippen LogP contribution in [0, 0.1) is 6.92 Å². The van der Waals surface area contributed by atoms with Crippen LogP contribution in [0.5, 0.6) is 0 Å². The standard InChI is InChI=1S/C15H19ClN4/c1-10(2)13-14(16)17-9-18-15(13)20(4)8-12-7-5-6-11(3)19-12/h5-7,9-10H,8H2,1-4H3. The largest absolute Gasteiger partial charge is 0.353 e. The maximum atomic E-state index is 6.20. The zero-order chi connectivity index (χ0) is 14.7. The zero-order valence-electron chi connectivity index (χ0n) is 12.3. The lowest BCUT2D eigenvalue weighted by molar-refractivity contribution is 0.798. The lowest BCUT2D eigenvalue weighted by Crippen LogP contribution is -2.21. The van der Waals surface area contributed by atoms with Crippen LogP contribution in [0.15, 0.2) is 24.5 Å². The Kier molecular flexibility index (Phi) is 4.55. The van der Waals surface area contributed by atoms with E-state index in [1.165, 1.54) is 6.33 Å². The van der Waals surface area contributed by atoms with Crippen molar-refractivity contribution in [2.24, 2.45) is 0 Å². The molecule has 0 fully saturated rings. The van der Waals surface area contributed by atoms with Gasteiger partial charge in [-0.05, 0) is 25.0 Å². The molecule has 0 atom stereocenters. The summed E-state index contributed by atoms with van der Waals surface area (Å²) in [5.74, 6) is 1.13. The number of aromatic nitrogens is 3. The van der Waals surface area contributed by atoms with Crippen molar-refractivity contribution >= 4 is 17.4 Å². The average Bonchev–Trinajstić information content (AvgIpc) is 2.37. The van der Waals surface area contributed by atoms with Gasteiger partial charge in [-0.15, -0.1) is 0 Å². The Balaban J connectivity index is 2.30. The molecular formula is C15H19ClN4. The fourth-order valence-corrected chi connectivity index (χ4v) is 2.52. The lowest BCUT2D eigenvalue weighted by Gasteiger charge is -2.22. The Labute approximate surface area is 124 Å². The smallest absolute Gasteiger partial charge is 0.138 e. The van der Waals surface area contributed by atoms with Gasteiger partial charge in [-0.3, -0.25) is 4.98 Å². The maximum absolute atomic E-state index is 6.20. The van der Waals surface area contributed by atoms with Gasteiger partial charge in [0.15, 0.2) is 0 Å². The van der Waals surface area contributed by atoms with Crippen LogP contribution in [-0.2, 0) is 6.54 Å². The minimum Gasteiger partial charge on any atom is -0.353 e. The molecule has 0 aliphatic carbocycles. The fourth-order valence-electron chi connectivity index (χ4n) is 2.17. The molecule has 0 aliphatic rings. The van der Waals surface area contributed by atoms with Crippen LogP contribution in [0.3, 0.4) is 0 Å². The quantitative estimate of drug-likeness (QED) is 0.807. The van der Waals surface area contributed by atoms with E-state index in [9.17, 15) is 0 Å². The van der Waals surface area contributed by atoms with Gasteiger partial charge in [0.2, 0.25) is 0 Å². The second-order valence-corrected chi connectivity index (χ2v) is 5.54. The van der Waals surface area contributed by atoms with E-state index in [1.54, 1.807) is 0 Å². The molecule has 20 heavy (non-hydrogen) atoms. The van der Waals surface area contributed by atoms with Crippen LogP contribution < -0.4 is 4.90 Å². The highest BCUT2D eigenvalue weighted by Crippen LogP contribution is 2.30. The van der Waals surface area contributed by atoms with E-state index in [1.807, 2.05) is 32.2 Å². The highest BCUT2D eigenvalue weighted by atomic mass is 35.5. The molecule has 2 aromatic rings. The van der Waals surface area contributed by atoms with Gasteiger partial charge < -0.3 is 4.90 Å². The first-order valence-electron chi connectivity index (χ1n) is 6.63. The second-order valence-electron chi connectivity index (χ2n) is 5.18. The molecule has 0 saturated carbocycles. The Morgan fingerprint density at radius 1 is 1.25 bits per heavy atom. The van der Waals surface area contributed by atoms with Gasteiger partial charge in [-0.1, -0.05) is 31.5 Å². The summed E-state index contributed by atoms with van der Waals surface area (Å²) in [5, 5.41) is 0.522. The van der Waals surface area contributed by atoms with Gasteiger partial charge >= 0.3 is 0 Å². The highest BCUT2D eigenvalue weighted by molar-refractivity contribution is 6.30. The van der Waals surface area contributed by atoms with E-state index < -0.39 is 0 Å². The van der Waals surface area contributed by atoms with Crippen molar-refractivity contribution in [1.82, 2.24) is 15.0 Å². The molecule has 0 aliphatic heterocycles. The molecule has 106 valence electrons. The summed E-state index contributed by atoms with van der Waals surface area (Å²) < 4.78 is 0. The normalized spacial score (nSPS) is 10.9. The predicted octanol–water partition coefficient (Wildman–Crippen LogP) is 3.59. The number of aryl methyl sites for hydroxylation is 1. The minimum absolute atomic E-state index is 0.270. The first-order valence-corrected chi connectivity index (χ1v) is 7.01. The van der Waals surface area contributed by atoms with Crippen molar-refractivity contribution in [3.8, 4) is 0 Å². The zero-order valence-corrected chi connectivity index (χ0v) is 13.0. The van der Waals surface area contributed by atoms with Gasteiger partial charge in [0.05, 0.1) is 12.2 Å². The van der Waals surface area contributed by atoms with Crippen molar-refractivity contribution in [1.29, 1.82) is 0 Å². The third-order valence-electron chi connectivity index (χ3n) is 3.10. The molecular weight excluding hydrogens is 272 g/mol. The van der Waals surface area contributed by atoms with Crippen LogP contribution >= 0.6 is 11.6 Å². The van der Waals surface area contributed by atoms with Gasteiger partial charge in [-0.2, -0.15) is 0 Å². The number of rotatable bonds is 4. The van der Waals surface area contributed by atoms with E-state index in [-0.39, 0.29) is 5.92 Å². The predicted molar refractivity (Wildman–Crippen MR) is 82.2 cm³/mol. The van der Waals surface area contributed by atoms with Gasteiger partial charge in [0, 0.05) is 18.3 Å². The molecule has 0 saturated heterocycles. The third-order valence-corrected chi connectivity index (χ3v) is 3.40. The summed E-state index contributed by atoms with van der Waals surface area (Å²) in [5.41, 5.74) is 3.00. The molecule has 0 amide bonds. The van der Waals surface area contributed by atoms with Crippen LogP contribution in [0.25, 0.3) is 0 Å². The molecule has 2 aromatic heterocycles. The summed E-state index contributed by atoms with van der Waals surface area (Å²) in [6.07, 6.45) is 1.50. The van der Waals surface area contributed by atoms with E-state index in [4.69, 9.17) is 11.6 Å². The molecule has 0 unspecified atom stereocenters. The second kappa shape index (κ2) is 6.18. The molecule has 0 spiro atoms. The number of hydrogen-bond acceptors (Lipinski definition) is 4. The van der Waals surface area contributed by atoms with Crippen molar-refractivity contribution in [2.45, 2.75) is 33.2 Å². The van der Waals surface area contributed by atoms with E-state index >= 15 is 0 Å². The molecule has 0 aromatic carbocycles. The first kappa shape index (κ1) is 14.7. The monoisotopic (exact) mass is 290 g/mol. The molecule has 0 bridgehead atoms. The number of nitrogens with zero attached hydrogens (tertiary/aromatic N) is 4. The summed E-state index contributed by atoms with van der Waals surface area (Å²) >= 11 is 6.20. The van der Waals surface area contributed by atoms with Crippen LogP contribution in [0.1, 0.15) is 36.7 Å². The van der Waals surface area contributed by atoms with E-state index in [2.05, 4.69) is 33.7 Å². The van der Waals surface area contributed by atoms with Crippen LogP contribution in [0.4, 0.5) is 5.82 Å². The lowest BCUT2D eigenvalue weighted by atomic mass is 10.1. The Morgan fingerprint density at radius 3 is 2.65 bits per heavy atom. The maximum Gasteiger partial charge on any atom is 0.138 e. The fraction of sp³-hybridized carbons (Fsp3) is 0.400. The van der Waals surface area contributed by atoms with E-state index in [0.29, 0.717) is 11.7 Å². The number of pyridine rings is 1. The Hall–Kier alpha value is -1.68. The van der Waals surface area contributed by atoms with Crippen molar-refractivity contribution < 1.29 is 0 Å². The first-order chi connectivity index (χ1) is 9.49. The number of hydrogen-bond donors (Lipinski definition) is 0. The number of anilines is 1. The molecule has 0 N–H and O–H groups in total. The Bertz CT molecular complexity index is 598. The Morgan fingerprint density at radius 2 is 2.00 bits per heavy atom. The van der Waals surface area contributed by atoms with Gasteiger partial charge in [0.25, 0.3) is 0 Å². The number of halogens is 1. The average molecular weight is 291 g/mol. The molecule has 5 heteroatoms. The molecule has 2 rings (SSSR count). The third kappa shape index (κ3) is 3.25. The molecule has 2 heterocycles. The van der Waals surface area contributed by atoms with E-state index in [0.717, 1.165) is 22.8 Å². The van der Waals surface area contributed by atoms with Crippen LogP contribution in [-0.4, -0.2) is 22.0 Å². The molecule has 4 nitrogen and oxygen atoms in total. The van der Waals surface area contributed by atoms with Crippen molar-refractivity contribution in [2.75, 3.05) is 11.9 Å². The van der Waals surface area contributed by atoms with Crippen LogP contribution in [0.2, 0.25) is 5.15 Å². The van der Waals surface area contributed by atoms with Gasteiger partial charge in [-0.25, -0.2) is 9.97 Å². The topological polar surface area (TPSA) is 41.9 Å². The molecule has 0 radical (unpaired) electrons. The highest BCUT2D eigenvalue weighted by Gasteiger charge is 2.17. The minimum atomic E-state index is 0.270. The van der Waals surface area contributed by atoms with Crippen molar-refractivity contribution in [3.63, 3.8) is 0 Å². The SMILES string of the molecule is Cc1cccc(CN(C)c2ncnc(Cl)c2C(C)C)n1. The summed E-state index contributed by atoms with van der Waals surface area (Å²) in [6, 6.07) is 6.02.